The minimum Gasteiger partial charge on any atom is -0.494 e. The first kappa shape index (κ1) is 21.5. The van der Waals surface area contributed by atoms with Crippen LogP contribution in [-0.4, -0.2) is 63.5 Å². The molecule has 1 aromatic carbocycles. The number of hydrogen-bond acceptors (Lipinski definition) is 6. The van der Waals surface area contributed by atoms with Gasteiger partial charge in [0.05, 0.1) is 13.2 Å². The molecule has 1 aromatic rings. The van der Waals surface area contributed by atoms with Crippen molar-refractivity contribution >= 4 is 11.7 Å². The van der Waals surface area contributed by atoms with Gasteiger partial charge < -0.3 is 24.4 Å². The molecule has 0 spiro atoms. The molecule has 0 fully saturated rings. The van der Waals surface area contributed by atoms with Crippen molar-refractivity contribution in [1.82, 2.24) is 4.90 Å². The van der Waals surface area contributed by atoms with Gasteiger partial charge in [-0.3, -0.25) is 4.79 Å². The maximum atomic E-state index is 12.5. The van der Waals surface area contributed by atoms with E-state index in [0.717, 1.165) is 49.5 Å². The van der Waals surface area contributed by atoms with Crippen LogP contribution in [0.15, 0.2) is 18.2 Å². The summed E-state index contributed by atoms with van der Waals surface area (Å²) in [6, 6.07) is 5.90. The number of fused-ring (bicyclic) bond motifs is 1. The lowest BCUT2D eigenvalue weighted by atomic mass is 10.0. The molecule has 0 saturated heterocycles. The van der Waals surface area contributed by atoms with Crippen molar-refractivity contribution in [1.29, 1.82) is 0 Å². The standard InChI is InChI=1S/C21H34N2O4/c1-21(2,3)27-20(24)18-15-22-19-9-8-16(14-17(18)19)26-12-7-6-10-23(4)11-13-25-5/h8-9,14,18,22H,6-7,10-13,15H2,1-5H3. The van der Waals surface area contributed by atoms with Gasteiger partial charge >= 0.3 is 5.97 Å². The van der Waals surface area contributed by atoms with Gasteiger partial charge in [0.2, 0.25) is 0 Å². The third-order valence-corrected chi connectivity index (χ3v) is 4.47. The summed E-state index contributed by atoms with van der Waals surface area (Å²) in [6.07, 6.45) is 2.06. The highest BCUT2D eigenvalue weighted by Gasteiger charge is 2.32. The molecule has 6 nitrogen and oxygen atoms in total. The highest BCUT2D eigenvalue weighted by Crippen LogP contribution is 2.35. The lowest BCUT2D eigenvalue weighted by Crippen LogP contribution is -2.28. The first-order valence-electron chi connectivity index (χ1n) is 9.71. The zero-order valence-electron chi connectivity index (χ0n) is 17.3. The van der Waals surface area contributed by atoms with E-state index in [9.17, 15) is 4.79 Å². The van der Waals surface area contributed by atoms with Gasteiger partial charge in [0, 0.05) is 25.9 Å². The molecule has 1 aliphatic heterocycles. The zero-order valence-corrected chi connectivity index (χ0v) is 17.3. The lowest BCUT2D eigenvalue weighted by molar-refractivity contribution is -0.156. The minimum absolute atomic E-state index is 0.190. The fraction of sp³-hybridized carbons (Fsp3) is 0.667. The molecule has 0 saturated carbocycles. The predicted octanol–water partition coefficient (Wildman–Crippen LogP) is 3.27. The van der Waals surface area contributed by atoms with E-state index in [4.69, 9.17) is 14.2 Å². The molecule has 0 bridgehead atoms. The van der Waals surface area contributed by atoms with Crippen LogP contribution in [0.3, 0.4) is 0 Å². The molecule has 6 heteroatoms. The van der Waals surface area contributed by atoms with E-state index in [2.05, 4.69) is 17.3 Å². The second kappa shape index (κ2) is 9.95. The predicted molar refractivity (Wildman–Crippen MR) is 108 cm³/mol. The Morgan fingerprint density at radius 3 is 2.70 bits per heavy atom. The molecule has 1 unspecified atom stereocenters. The molecule has 1 aliphatic rings. The number of esters is 1. The van der Waals surface area contributed by atoms with Crippen molar-refractivity contribution in [2.45, 2.75) is 45.1 Å². The van der Waals surface area contributed by atoms with Crippen LogP contribution >= 0.6 is 0 Å². The number of hydrogen-bond donors (Lipinski definition) is 1. The van der Waals surface area contributed by atoms with Crippen molar-refractivity contribution in [3.63, 3.8) is 0 Å². The first-order chi connectivity index (χ1) is 12.8. The number of benzene rings is 1. The monoisotopic (exact) mass is 378 g/mol. The molecule has 0 radical (unpaired) electrons. The molecule has 1 N–H and O–H groups in total. The van der Waals surface area contributed by atoms with Crippen LogP contribution < -0.4 is 10.1 Å². The Balaban J connectivity index is 1.81. The van der Waals surface area contributed by atoms with Crippen LogP contribution in [0.2, 0.25) is 0 Å². The van der Waals surface area contributed by atoms with Crippen LogP contribution in [0.25, 0.3) is 0 Å². The van der Waals surface area contributed by atoms with Gasteiger partial charge in [0.25, 0.3) is 0 Å². The summed E-state index contributed by atoms with van der Waals surface area (Å²) in [5.74, 6) is 0.334. The first-order valence-corrected chi connectivity index (χ1v) is 9.71. The normalized spacial score (nSPS) is 16.1. The van der Waals surface area contributed by atoms with Crippen LogP contribution in [-0.2, 0) is 14.3 Å². The summed E-state index contributed by atoms with van der Waals surface area (Å²) >= 11 is 0. The second-order valence-corrected chi connectivity index (χ2v) is 8.07. The van der Waals surface area contributed by atoms with Gasteiger partial charge in [-0.1, -0.05) is 0 Å². The van der Waals surface area contributed by atoms with Gasteiger partial charge in [-0.25, -0.2) is 0 Å². The molecular formula is C21H34N2O4. The third kappa shape index (κ3) is 7.03. The number of methoxy groups -OCH3 is 1. The fourth-order valence-electron chi connectivity index (χ4n) is 3.02. The summed E-state index contributed by atoms with van der Waals surface area (Å²) in [5.41, 5.74) is 1.46. The average Bonchev–Trinajstić information content (AvgIpc) is 3.01. The molecule has 1 heterocycles. The smallest absolute Gasteiger partial charge is 0.315 e. The van der Waals surface area contributed by atoms with Crippen LogP contribution in [0.1, 0.15) is 45.1 Å². The topological polar surface area (TPSA) is 60.0 Å². The van der Waals surface area contributed by atoms with Crippen molar-refractivity contribution in [2.75, 3.05) is 52.3 Å². The quantitative estimate of drug-likeness (QED) is 0.498. The number of unbranched alkanes of at least 4 members (excludes halogenated alkanes) is 1. The van der Waals surface area contributed by atoms with E-state index < -0.39 is 5.60 Å². The summed E-state index contributed by atoms with van der Waals surface area (Å²) < 4.78 is 16.5. The maximum absolute atomic E-state index is 12.5. The zero-order chi connectivity index (χ0) is 19.9. The average molecular weight is 379 g/mol. The van der Waals surface area contributed by atoms with E-state index >= 15 is 0 Å². The second-order valence-electron chi connectivity index (χ2n) is 8.07. The number of rotatable bonds is 10. The van der Waals surface area contributed by atoms with E-state index in [0.29, 0.717) is 13.2 Å². The molecule has 152 valence electrons. The molecule has 0 aliphatic carbocycles. The van der Waals surface area contributed by atoms with Crippen molar-refractivity contribution in [3.8, 4) is 5.75 Å². The molecular weight excluding hydrogens is 344 g/mol. The summed E-state index contributed by atoms with van der Waals surface area (Å²) in [6.45, 7) is 9.64. The number of nitrogens with one attached hydrogen (secondary N) is 1. The lowest BCUT2D eigenvalue weighted by Gasteiger charge is -2.22. The van der Waals surface area contributed by atoms with Crippen molar-refractivity contribution < 1.29 is 19.0 Å². The Morgan fingerprint density at radius 2 is 2.00 bits per heavy atom. The summed E-state index contributed by atoms with van der Waals surface area (Å²) in [5, 5.41) is 3.28. The van der Waals surface area contributed by atoms with Crippen molar-refractivity contribution in [2.24, 2.45) is 0 Å². The molecule has 0 amide bonds. The summed E-state index contributed by atoms with van der Waals surface area (Å²) in [7, 11) is 3.82. The van der Waals surface area contributed by atoms with Crippen molar-refractivity contribution in [3.05, 3.63) is 23.8 Å². The van der Waals surface area contributed by atoms with Gasteiger partial charge in [0.1, 0.15) is 17.3 Å². The van der Waals surface area contributed by atoms with Crippen LogP contribution in [0.4, 0.5) is 5.69 Å². The Morgan fingerprint density at radius 1 is 1.22 bits per heavy atom. The number of nitrogens with zero attached hydrogens (tertiary/aromatic N) is 1. The molecule has 1 atom stereocenters. The van der Waals surface area contributed by atoms with Gasteiger partial charge in [-0.15, -0.1) is 0 Å². The van der Waals surface area contributed by atoms with E-state index in [1.165, 1.54) is 0 Å². The number of carbonyl (C=O) groups excluding carboxylic acids is 1. The maximum Gasteiger partial charge on any atom is 0.315 e. The highest BCUT2D eigenvalue weighted by molar-refractivity contribution is 5.84. The van der Waals surface area contributed by atoms with Gasteiger partial charge in [-0.05, 0) is 71.0 Å². The number of ether oxygens (including phenoxy) is 3. The molecule has 2 rings (SSSR count). The molecule has 27 heavy (non-hydrogen) atoms. The summed E-state index contributed by atoms with van der Waals surface area (Å²) in [4.78, 5) is 14.7. The Labute approximate surface area is 163 Å². The Kier molecular flexibility index (Phi) is 7.92. The minimum atomic E-state index is -0.482. The highest BCUT2D eigenvalue weighted by atomic mass is 16.6. The van der Waals surface area contributed by atoms with Crippen LogP contribution in [0, 0.1) is 0 Å². The van der Waals surface area contributed by atoms with E-state index in [1.807, 2.05) is 39.0 Å². The number of anilines is 1. The largest absolute Gasteiger partial charge is 0.494 e. The Hall–Kier alpha value is -1.79. The molecule has 0 aromatic heterocycles. The van der Waals surface area contributed by atoms with Crippen LogP contribution in [0.5, 0.6) is 5.75 Å². The third-order valence-electron chi connectivity index (χ3n) is 4.47. The van der Waals surface area contributed by atoms with E-state index in [-0.39, 0.29) is 11.9 Å². The number of carbonyl (C=O) groups is 1. The SMILES string of the molecule is COCCN(C)CCCCOc1ccc2c(c1)C(C(=O)OC(C)(C)C)CN2. The van der Waals surface area contributed by atoms with Gasteiger partial charge in [0.15, 0.2) is 0 Å². The fourth-order valence-corrected chi connectivity index (χ4v) is 3.02. The number of likely N-dealkylation sites (N-methyl/N-ethyl adjacent to an activating group) is 1. The van der Waals surface area contributed by atoms with E-state index in [1.54, 1.807) is 7.11 Å². The van der Waals surface area contributed by atoms with Gasteiger partial charge in [-0.2, -0.15) is 0 Å². The Bertz CT molecular complexity index is 613.